The van der Waals surface area contributed by atoms with Gasteiger partial charge in [0.25, 0.3) is 11.8 Å². The van der Waals surface area contributed by atoms with Crippen LogP contribution in [0, 0.1) is 0 Å². The number of nitrogens with zero attached hydrogens (tertiary/aromatic N) is 1. The number of halogens is 3. The fourth-order valence-corrected chi connectivity index (χ4v) is 4.52. The Hall–Kier alpha value is -2.38. The van der Waals surface area contributed by atoms with Crippen molar-refractivity contribution in [3.8, 4) is 0 Å². The van der Waals surface area contributed by atoms with Crippen LogP contribution in [0.15, 0.2) is 53.5 Å². The second-order valence-electron chi connectivity index (χ2n) is 7.72. The standard InChI is InChI=1S/C24H20Cl3N3O2S/c1-13(21-8-9-22(27)33-21)28-12-14-2-6-19(25)17(10-14)23(31)30-16-5-7-20(26)18(11-16)24(32)29-15-3-4-15/h2,5-11,15H,3-4,12H2,1H3,(H,29,32)(H,30,31). The van der Waals surface area contributed by atoms with Crippen molar-refractivity contribution in [2.75, 3.05) is 5.32 Å². The molecule has 1 aliphatic carbocycles. The molecule has 0 saturated heterocycles. The van der Waals surface area contributed by atoms with Gasteiger partial charge >= 0.3 is 0 Å². The van der Waals surface area contributed by atoms with E-state index < -0.39 is 0 Å². The number of carbonyl (C=O) groups is 2. The van der Waals surface area contributed by atoms with E-state index in [1.54, 1.807) is 30.3 Å². The van der Waals surface area contributed by atoms with Crippen molar-refractivity contribution in [2.45, 2.75) is 32.4 Å². The van der Waals surface area contributed by atoms with Crippen molar-refractivity contribution in [1.29, 1.82) is 0 Å². The minimum Gasteiger partial charge on any atom is -0.349 e. The number of anilines is 1. The molecular formula is C24H20Cl3N3O2S. The molecule has 1 heterocycles. The number of hydrogen-bond donors (Lipinski definition) is 2. The number of hydrogen-bond acceptors (Lipinski definition) is 4. The van der Waals surface area contributed by atoms with Crippen LogP contribution < -0.4 is 10.6 Å². The Morgan fingerprint density at radius 2 is 1.67 bits per heavy atom. The molecule has 0 bridgehead atoms. The minimum atomic E-state index is -0.386. The zero-order valence-corrected chi connectivity index (χ0v) is 20.7. The molecule has 3 aromatic rings. The van der Waals surface area contributed by atoms with Gasteiger partial charge in [-0.3, -0.25) is 14.6 Å². The zero-order chi connectivity index (χ0) is 23.5. The van der Waals surface area contributed by atoms with Gasteiger partial charge in [-0.1, -0.05) is 40.9 Å². The molecule has 2 amide bonds. The van der Waals surface area contributed by atoms with Crippen molar-refractivity contribution in [2.24, 2.45) is 4.99 Å². The second kappa shape index (κ2) is 10.3. The SMILES string of the molecule is CC(=NCc1ccc(Cl)c(C(=O)Nc2ccc(Cl)c(C(=O)NC3CC3)c2)c1)c1ccc(Cl)s1. The summed E-state index contributed by atoms with van der Waals surface area (Å²) in [6.45, 7) is 2.31. The maximum Gasteiger partial charge on any atom is 0.257 e. The monoisotopic (exact) mass is 519 g/mol. The average Bonchev–Trinajstić information content (AvgIpc) is 3.50. The van der Waals surface area contributed by atoms with E-state index in [0.717, 1.165) is 29.0 Å². The fourth-order valence-electron chi connectivity index (χ4n) is 3.11. The number of rotatable bonds is 7. The Morgan fingerprint density at radius 3 is 2.33 bits per heavy atom. The first-order chi connectivity index (χ1) is 15.8. The van der Waals surface area contributed by atoms with E-state index in [1.165, 1.54) is 11.3 Å². The summed E-state index contributed by atoms with van der Waals surface area (Å²) in [4.78, 5) is 30.9. The van der Waals surface area contributed by atoms with Crippen LogP contribution in [0.2, 0.25) is 14.4 Å². The van der Waals surface area contributed by atoms with E-state index in [1.807, 2.05) is 25.1 Å². The molecule has 0 unspecified atom stereocenters. The minimum absolute atomic E-state index is 0.205. The van der Waals surface area contributed by atoms with Crippen LogP contribution in [0.25, 0.3) is 0 Å². The highest BCUT2D eigenvalue weighted by atomic mass is 35.5. The van der Waals surface area contributed by atoms with Crippen molar-refractivity contribution in [1.82, 2.24) is 5.32 Å². The first-order valence-electron chi connectivity index (χ1n) is 10.3. The summed E-state index contributed by atoms with van der Waals surface area (Å²) in [5, 5.41) is 6.35. The molecule has 0 aliphatic heterocycles. The molecule has 0 atom stereocenters. The van der Waals surface area contributed by atoms with E-state index >= 15 is 0 Å². The quantitative estimate of drug-likeness (QED) is 0.334. The molecule has 1 aromatic heterocycles. The lowest BCUT2D eigenvalue weighted by Gasteiger charge is -2.11. The highest BCUT2D eigenvalue weighted by molar-refractivity contribution is 7.18. The molecule has 0 radical (unpaired) electrons. The van der Waals surface area contributed by atoms with E-state index in [-0.39, 0.29) is 17.9 Å². The third-order valence-corrected chi connectivity index (χ3v) is 7.08. The number of thiophene rings is 1. The van der Waals surface area contributed by atoms with Crippen LogP contribution >= 0.6 is 46.1 Å². The Balaban J connectivity index is 1.48. The molecular weight excluding hydrogens is 501 g/mol. The second-order valence-corrected chi connectivity index (χ2v) is 10.2. The molecule has 1 fully saturated rings. The van der Waals surface area contributed by atoms with E-state index in [2.05, 4.69) is 15.6 Å². The van der Waals surface area contributed by atoms with Gasteiger partial charge in [0.2, 0.25) is 0 Å². The molecule has 2 aromatic carbocycles. The van der Waals surface area contributed by atoms with Gasteiger partial charge in [0.15, 0.2) is 0 Å². The highest BCUT2D eigenvalue weighted by Crippen LogP contribution is 2.26. The summed E-state index contributed by atoms with van der Waals surface area (Å²) in [6.07, 6.45) is 1.94. The average molecular weight is 521 g/mol. The van der Waals surface area contributed by atoms with Gasteiger partial charge in [0.1, 0.15) is 0 Å². The fraction of sp³-hybridized carbons (Fsp3) is 0.208. The van der Waals surface area contributed by atoms with Crippen molar-refractivity contribution < 1.29 is 9.59 Å². The summed E-state index contributed by atoms with van der Waals surface area (Å²) in [7, 11) is 0. The molecule has 33 heavy (non-hydrogen) atoms. The first-order valence-corrected chi connectivity index (χ1v) is 12.2. The maximum atomic E-state index is 12.9. The molecule has 4 rings (SSSR count). The number of carbonyl (C=O) groups excluding carboxylic acids is 2. The normalized spacial score (nSPS) is 13.6. The van der Waals surface area contributed by atoms with Gasteiger partial charge in [-0.2, -0.15) is 0 Å². The van der Waals surface area contributed by atoms with Crippen LogP contribution in [0.3, 0.4) is 0 Å². The lowest BCUT2D eigenvalue weighted by Crippen LogP contribution is -2.25. The topological polar surface area (TPSA) is 70.6 Å². The lowest BCUT2D eigenvalue weighted by atomic mass is 10.1. The summed E-state index contributed by atoms with van der Waals surface area (Å²) in [6, 6.07) is 14.0. The molecule has 2 N–H and O–H groups in total. The number of benzene rings is 2. The molecule has 170 valence electrons. The number of nitrogens with one attached hydrogen (secondary N) is 2. The zero-order valence-electron chi connectivity index (χ0n) is 17.6. The summed E-state index contributed by atoms with van der Waals surface area (Å²) >= 11 is 19.9. The van der Waals surface area contributed by atoms with Crippen molar-refractivity contribution >= 4 is 69.4 Å². The van der Waals surface area contributed by atoms with E-state index in [4.69, 9.17) is 34.8 Å². The van der Waals surface area contributed by atoms with E-state index in [9.17, 15) is 9.59 Å². The van der Waals surface area contributed by atoms with Gasteiger partial charge < -0.3 is 10.6 Å². The molecule has 9 heteroatoms. The smallest absolute Gasteiger partial charge is 0.257 e. The van der Waals surface area contributed by atoms with Crippen LogP contribution in [0.4, 0.5) is 5.69 Å². The third-order valence-electron chi connectivity index (χ3n) is 5.09. The summed E-state index contributed by atoms with van der Waals surface area (Å²) in [5.41, 5.74) is 2.80. The van der Waals surface area contributed by atoms with Crippen molar-refractivity contribution in [3.05, 3.63) is 84.5 Å². The predicted molar refractivity (Wildman–Crippen MR) is 137 cm³/mol. The predicted octanol–water partition coefficient (Wildman–Crippen LogP) is 6.86. The Bertz CT molecular complexity index is 1250. The number of aliphatic imine (C=N–C) groups is 1. The maximum absolute atomic E-state index is 12.9. The Morgan fingerprint density at radius 1 is 0.970 bits per heavy atom. The summed E-state index contributed by atoms with van der Waals surface area (Å²) < 4.78 is 0.709. The van der Waals surface area contributed by atoms with Crippen LogP contribution in [0.5, 0.6) is 0 Å². The lowest BCUT2D eigenvalue weighted by molar-refractivity contribution is 0.0949. The van der Waals surface area contributed by atoms with Crippen LogP contribution in [-0.4, -0.2) is 23.6 Å². The third kappa shape index (κ3) is 6.15. The van der Waals surface area contributed by atoms with E-state index in [0.29, 0.717) is 37.7 Å². The molecule has 1 aliphatic rings. The molecule has 5 nitrogen and oxygen atoms in total. The van der Waals surface area contributed by atoms with Gasteiger partial charge in [-0.15, -0.1) is 11.3 Å². The van der Waals surface area contributed by atoms with Crippen LogP contribution in [-0.2, 0) is 6.54 Å². The Labute approximate surface area is 210 Å². The van der Waals surface area contributed by atoms with Crippen LogP contribution in [0.1, 0.15) is 50.9 Å². The summed E-state index contributed by atoms with van der Waals surface area (Å²) in [5.74, 6) is -0.637. The number of amides is 2. The van der Waals surface area contributed by atoms with Gasteiger partial charge in [0, 0.05) is 22.3 Å². The van der Waals surface area contributed by atoms with Gasteiger partial charge in [0.05, 0.1) is 32.1 Å². The van der Waals surface area contributed by atoms with Crippen molar-refractivity contribution in [3.63, 3.8) is 0 Å². The highest BCUT2D eigenvalue weighted by Gasteiger charge is 2.25. The first kappa shape index (κ1) is 23.8. The molecule has 1 saturated carbocycles. The van der Waals surface area contributed by atoms with Gasteiger partial charge in [-0.05, 0) is 67.8 Å². The van der Waals surface area contributed by atoms with Gasteiger partial charge in [-0.25, -0.2) is 0 Å². The molecule has 0 spiro atoms. The Kier molecular flexibility index (Phi) is 7.39. The largest absolute Gasteiger partial charge is 0.349 e.